The van der Waals surface area contributed by atoms with E-state index < -0.39 is 0 Å². The number of nitrogens with zero attached hydrogens (tertiary/aromatic N) is 2. The van der Waals surface area contributed by atoms with E-state index in [1.54, 1.807) is 6.92 Å². The molecule has 2 aromatic rings. The van der Waals surface area contributed by atoms with Crippen LogP contribution >= 0.6 is 22.9 Å². The summed E-state index contributed by atoms with van der Waals surface area (Å²) in [5, 5.41) is 10.2. The third-order valence-corrected chi connectivity index (χ3v) is 8.09. The number of carbonyl (C=O) groups is 3. The Labute approximate surface area is 214 Å². The molecule has 1 aromatic heterocycles. The molecule has 1 saturated heterocycles. The molecule has 4 rings (SSSR count). The van der Waals surface area contributed by atoms with E-state index in [-0.39, 0.29) is 35.7 Å². The number of hydrogen-bond donors (Lipinski definition) is 3. The number of Topliss-reactive ketones (excluding diaryl/α,β-unsaturated/α-hetero) is 1. The molecule has 1 saturated carbocycles. The number of nitrogens with one attached hydrogen (secondary N) is 3. The van der Waals surface area contributed by atoms with Gasteiger partial charge in [0.1, 0.15) is 0 Å². The number of piperazine rings is 1. The zero-order chi connectivity index (χ0) is 24.9. The summed E-state index contributed by atoms with van der Waals surface area (Å²) in [6.07, 6.45) is 4.85. The first-order chi connectivity index (χ1) is 16.8. The number of thiazole rings is 1. The second kappa shape index (κ2) is 11.5. The molecule has 2 heterocycles. The first-order valence-corrected chi connectivity index (χ1v) is 13.3. The van der Waals surface area contributed by atoms with Gasteiger partial charge in [0.15, 0.2) is 10.9 Å². The van der Waals surface area contributed by atoms with Crippen molar-refractivity contribution in [2.24, 2.45) is 5.92 Å². The fourth-order valence-electron chi connectivity index (χ4n) is 5.08. The van der Waals surface area contributed by atoms with Crippen molar-refractivity contribution >= 4 is 45.8 Å². The Morgan fingerprint density at radius 3 is 2.69 bits per heavy atom. The molecule has 2 fully saturated rings. The first-order valence-electron chi connectivity index (χ1n) is 12.1. The lowest BCUT2D eigenvalue weighted by atomic mass is 9.84. The minimum atomic E-state index is -0.303. The zero-order valence-corrected chi connectivity index (χ0v) is 21.7. The maximum absolute atomic E-state index is 12.7. The van der Waals surface area contributed by atoms with Crippen LogP contribution in [0, 0.1) is 12.8 Å². The number of ketones is 1. The molecule has 0 spiro atoms. The van der Waals surface area contributed by atoms with Crippen molar-refractivity contribution in [3.63, 3.8) is 0 Å². The van der Waals surface area contributed by atoms with Gasteiger partial charge in [0.2, 0.25) is 5.91 Å². The van der Waals surface area contributed by atoms with E-state index in [0.29, 0.717) is 27.3 Å². The SMILES string of the molecule is CC(=O)c1sc(NC(=O)N[C@@H]2CCCC[C@H]2CN2CC(=O)N[C@@H](Cc3ccc(Cl)cc3)C2)nc1C. The topological polar surface area (TPSA) is 103 Å². The lowest BCUT2D eigenvalue weighted by Gasteiger charge is -2.39. The molecule has 1 aliphatic carbocycles. The number of aryl methyl sites for hydroxylation is 1. The average Bonchev–Trinajstić information content (AvgIpc) is 3.16. The van der Waals surface area contributed by atoms with Crippen LogP contribution < -0.4 is 16.0 Å². The van der Waals surface area contributed by atoms with Crippen LogP contribution in [0.5, 0.6) is 0 Å². The third kappa shape index (κ3) is 7.02. The summed E-state index contributed by atoms with van der Waals surface area (Å²) < 4.78 is 0. The molecule has 35 heavy (non-hydrogen) atoms. The van der Waals surface area contributed by atoms with Crippen LogP contribution in [-0.2, 0) is 11.2 Å². The highest BCUT2D eigenvalue weighted by Gasteiger charge is 2.32. The molecule has 10 heteroatoms. The molecule has 2 aliphatic rings. The fourth-order valence-corrected chi connectivity index (χ4v) is 6.07. The van der Waals surface area contributed by atoms with Gasteiger partial charge in [-0.2, -0.15) is 0 Å². The van der Waals surface area contributed by atoms with E-state index in [4.69, 9.17) is 11.6 Å². The molecule has 3 atom stereocenters. The van der Waals surface area contributed by atoms with Gasteiger partial charge in [0, 0.05) is 37.1 Å². The predicted octanol–water partition coefficient (Wildman–Crippen LogP) is 4.03. The summed E-state index contributed by atoms with van der Waals surface area (Å²) in [4.78, 5) is 43.9. The maximum atomic E-state index is 12.7. The smallest absolute Gasteiger partial charge is 0.321 e. The van der Waals surface area contributed by atoms with Crippen LogP contribution in [0.4, 0.5) is 9.93 Å². The number of anilines is 1. The Bertz CT molecular complexity index is 1070. The summed E-state index contributed by atoms with van der Waals surface area (Å²) in [6, 6.07) is 7.50. The maximum Gasteiger partial charge on any atom is 0.321 e. The molecule has 3 N–H and O–H groups in total. The summed E-state index contributed by atoms with van der Waals surface area (Å²) in [5.74, 6) is 0.247. The molecule has 1 aliphatic heterocycles. The summed E-state index contributed by atoms with van der Waals surface area (Å²) >= 11 is 7.19. The van der Waals surface area contributed by atoms with E-state index in [9.17, 15) is 14.4 Å². The first kappa shape index (κ1) is 25.6. The summed E-state index contributed by atoms with van der Waals surface area (Å²) in [7, 11) is 0. The van der Waals surface area contributed by atoms with Crippen LogP contribution in [0.25, 0.3) is 0 Å². The van der Waals surface area contributed by atoms with Crippen molar-refractivity contribution in [1.29, 1.82) is 0 Å². The Morgan fingerprint density at radius 2 is 1.97 bits per heavy atom. The monoisotopic (exact) mass is 517 g/mol. The number of rotatable bonds is 7. The molecule has 3 amide bonds. The predicted molar refractivity (Wildman–Crippen MR) is 138 cm³/mol. The zero-order valence-electron chi connectivity index (χ0n) is 20.1. The lowest BCUT2D eigenvalue weighted by molar-refractivity contribution is -0.125. The molecule has 8 nitrogen and oxygen atoms in total. The number of halogens is 1. The van der Waals surface area contributed by atoms with Crippen LogP contribution in [0.15, 0.2) is 24.3 Å². The number of aromatic nitrogens is 1. The lowest BCUT2D eigenvalue weighted by Crippen LogP contribution is -2.57. The highest BCUT2D eigenvalue weighted by Crippen LogP contribution is 2.27. The second-order valence-corrected chi connectivity index (χ2v) is 11.0. The van der Waals surface area contributed by atoms with Crippen LogP contribution in [0.3, 0.4) is 0 Å². The molecule has 1 aromatic carbocycles. The molecular weight excluding hydrogens is 486 g/mol. The van der Waals surface area contributed by atoms with Crippen LogP contribution in [-0.4, -0.2) is 59.3 Å². The van der Waals surface area contributed by atoms with Crippen LogP contribution in [0.1, 0.15) is 53.5 Å². The van der Waals surface area contributed by atoms with E-state index in [1.807, 2.05) is 24.3 Å². The van der Waals surface area contributed by atoms with E-state index in [0.717, 1.165) is 50.8 Å². The van der Waals surface area contributed by atoms with Gasteiger partial charge in [0.05, 0.1) is 17.1 Å². The van der Waals surface area contributed by atoms with Crippen molar-refractivity contribution in [3.8, 4) is 0 Å². The summed E-state index contributed by atoms with van der Waals surface area (Å²) in [6.45, 7) is 5.18. The van der Waals surface area contributed by atoms with Crippen molar-refractivity contribution in [3.05, 3.63) is 45.4 Å². The minimum absolute atomic E-state index is 0.0248. The third-order valence-electron chi connectivity index (χ3n) is 6.66. The number of amides is 3. The number of urea groups is 1. The number of carbonyl (C=O) groups excluding carboxylic acids is 3. The standard InChI is InChI=1S/C25H32ClN5O3S/c1-15-23(16(2)32)35-25(27-15)30-24(34)29-21-6-4-3-5-18(21)12-31-13-20(28-22(33)14-31)11-17-7-9-19(26)10-8-17/h7-10,18,20-21H,3-6,11-14H2,1-2H3,(H,28,33)(H2,27,29,30,34)/t18-,20-,21+/m0/s1. The molecule has 0 bridgehead atoms. The van der Waals surface area contributed by atoms with Crippen molar-refractivity contribution in [2.75, 3.05) is 25.0 Å². The molecule has 0 radical (unpaired) electrons. The minimum Gasteiger partial charge on any atom is -0.351 e. The number of benzene rings is 1. The van der Waals surface area contributed by atoms with Gasteiger partial charge in [-0.25, -0.2) is 9.78 Å². The second-order valence-electron chi connectivity index (χ2n) is 9.53. The van der Waals surface area contributed by atoms with Gasteiger partial charge in [0.25, 0.3) is 0 Å². The average molecular weight is 518 g/mol. The highest BCUT2D eigenvalue weighted by molar-refractivity contribution is 7.17. The van der Waals surface area contributed by atoms with Crippen molar-refractivity contribution < 1.29 is 14.4 Å². The van der Waals surface area contributed by atoms with E-state index >= 15 is 0 Å². The normalized spacial score (nSPS) is 22.9. The van der Waals surface area contributed by atoms with Gasteiger partial charge in [-0.1, -0.05) is 47.9 Å². The van der Waals surface area contributed by atoms with Gasteiger partial charge < -0.3 is 10.6 Å². The van der Waals surface area contributed by atoms with Crippen LogP contribution in [0.2, 0.25) is 5.02 Å². The Morgan fingerprint density at radius 1 is 1.23 bits per heavy atom. The van der Waals surface area contributed by atoms with Crippen molar-refractivity contribution in [1.82, 2.24) is 20.5 Å². The Kier molecular flexibility index (Phi) is 8.41. The van der Waals surface area contributed by atoms with Crippen molar-refractivity contribution in [2.45, 2.75) is 58.0 Å². The largest absolute Gasteiger partial charge is 0.351 e. The van der Waals surface area contributed by atoms with E-state index in [2.05, 4.69) is 25.8 Å². The highest BCUT2D eigenvalue weighted by atomic mass is 35.5. The van der Waals surface area contributed by atoms with E-state index in [1.165, 1.54) is 18.3 Å². The van der Waals surface area contributed by atoms with Gasteiger partial charge in [-0.05, 0) is 49.8 Å². The molecular formula is C25H32ClN5O3S. The Balaban J connectivity index is 1.34. The molecule has 0 unspecified atom stereocenters. The fraction of sp³-hybridized carbons (Fsp3) is 0.520. The quantitative estimate of drug-likeness (QED) is 0.481. The summed E-state index contributed by atoms with van der Waals surface area (Å²) in [5.41, 5.74) is 1.77. The Hall–Kier alpha value is -2.49. The number of hydrogen-bond acceptors (Lipinski definition) is 6. The van der Waals surface area contributed by atoms with Gasteiger partial charge in [-0.3, -0.25) is 19.8 Å². The molecule has 188 valence electrons. The van der Waals surface area contributed by atoms with Gasteiger partial charge in [-0.15, -0.1) is 0 Å². The van der Waals surface area contributed by atoms with Gasteiger partial charge >= 0.3 is 6.03 Å².